The number of anilines is 1. The molecule has 3 aromatic rings. The largest absolute Gasteiger partial charge is 0.407 e. The highest BCUT2D eigenvalue weighted by atomic mass is 79.9. The third-order valence-corrected chi connectivity index (χ3v) is 11.3. The molecule has 5 nitrogen and oxygen atoms in total. The van der Waals surface area contributed by atoms with E-state index in [1.54, 1.807) is 12.1 Å². The summed E-state index contributed by atoms with van der Waals surface area (Å²) in [5.41, 5.74) is 0.574. The summed E-state index contributed by atoms with van der Waals surface area (Å²) in [6.45, 7) is 9.99. The zero-order valence-electron chi connectivity index (χ0n) is 19.5. The van der Waals surface area contributed by atoms with E-state index in [9.17, 15) is 10.1 Å². The minimum atomic E-state index is -2.60. The fourth-order valence-electron chi connectivity index (χ4n) is 4.18. The molecule has 33 heavy (non-hydrogen) atoms. The monoisotopic (exact) mass is 526 g/mol. The summed E-state index contributed by atoms with van der Waals surface area (Å²) in [7, 11) is -2.60. The summed E-state index contributed by atoms with van der Waals surface area (Å²) >= 11 is 3.40. The van der Waals surface area contributed by atoms with Crippen molar-refractivity contribution in [3.63, 3.8) is 0 Å². The first kappa shape index (κ1) is 25.1. The van der Waals surface area contributed by atoms with Crippen LogP contribution in [0.4, 0.5) is 11.4 Å². The normalized spacial score (nSPS) is 12.9. The Labute approximate surface area is 205 Å². The Hall–Kier alpha value is -2.48. The number of rotatable bonds is 9. The molecule has 0 bridgehead atoms. The Morgan fingerprint density at radius 1 is 1.00 bits per heavy atom. The van der Waals surface area contributed by atoms with E-state index >= 15 is 0 Å². The van der Waals surface area contributed by atoms with Gasteiger partial charge in [-0.3, -0.25) is 10.1 Å². The molecule has 1 atom stereocenters. The number of nitro benzene ring substituents is 1. The second-order valence-electron chi connectivity index (χ2n) is 9.38. The molecule has 0 saturated carbocycles. The molecule has 0 fully saturated rings. The van der Waals surface area contributed by atoms with E-state index in [0.29, 0.717) is 18.8 Å². The van der Waals surface area contributed by atoms with Crippen molar-refractivity contribution in [3.05, 3.63) is 93.4 Å². The Morgan fingerprint density at radius 2 is 1.55 bits per heavy atom. The second kappa shape index (κ2) is 10.6. The van der Waals surface area contributed by atoms with Crippen LogP contribution in [-0.2, 0) is 4.43 Å². The highest BCUT2D eigenvalue weighted by Crippen LogP contribution is 2.37. The van der Waals surface area contributed by atoms with E-state index in [1.165, 1.54) is 16.4 Å². The van der Waals surface area contributed by atoms with Gasteiger partial charge in [0.05, 0.1) is 4.92 Å². The zero-order chi connectivity index (χ0) is 24.1. The predicted octanol–water partition coefficient (Wildman–Crippen LogP) is 5.98. The SMILES string of the molecule is C[C@@H](CNc1cc(Br)ccc1[N+](=O)[O-])CO[Si](c1ccccc1)(c1ccccc1)C(C)(C)C. The number of benzene rings is 3. The lowest BCUT2D eigenvalue weighted by molar-refractivity contribution is -0.384. The Morgan fingerprint density at radius 3 is 2.03 bits per heavy atom. The first-order valence-electron chi connectivity index (χ1n) is 11.1. The van der Waals surface area contributed by atoms with Gasteiger partial charge in [0.15, 0.2) is 0 Å². The molecule has 7 heteroatoms. The Bertz CT molecular complexity index is 1030. The number of nitrogens with one attached hydrogen (secondary N) is 1. The van der Waals surface area contributed by atoms with Crippen molar-refractivity contribution in [2.75, 3.05) is 18.5 Å². The van der Waals surface area contributed by atoms with E-state index < -0.39 is 8.32 Å². The summed E-state index contributed by atoms with van der Waals surface area (Å²) in [4.78, 5) is 11.0. The van der Waals surface area contributed by atoms with Crippen LogP contribution in [0.1, 0.15) is 27.7 Å². The Balaban J connectivity index is 1.85. The standard InChI is InChI=1S/C26H31BrN2O3Si/c1-20(18-28-24-17-21(27)15-16-25(24)29(30)31)19-32-33(26(2,3)4,22-11-7-5-8-12-22)23-13-9-6-10-14-23/h5-17,20,28H,18-19H2,1-4H3/t20-/m0/s1. The number of hydrogen-bond donors (Lipinski definition) is 1. The predicted molar refractivity (Wildman–Crippen MR) is 142 cm³/mol. The smallest absolute Gasteiger partial charge is 0.292 e. The van der Waals surface area contributed by atoms with Crippen molar-refractivity contribution >= 4 is 46.0 Å². The molecule has 0 radical (unpaired) electrons. The van der Waals surface area contributed by atoms with Crippen molar-refractivity contribution in [1.29, 1.82) is 0 Å². The quantitative estimate of drug-likeness (QED) is 0.211. The third kappa shape index (κ3) is 5.72. The Kier molecular flexibility index (Phi) is 8.10. The van der Waals surface area contributed by atoms with E-state index in [-0.39, 0.29) is 21.6 Å². The van der Waals surface area contributed by atoms with Gasteiger partial charge in [-0.15, -0.1) is 0 Å². The third-order valence-electron chi connectivity index (χ3n) is 5.80. The van der Waals surface area contributed by atoms with E-state index in [2.05, 4.69) is 97.5 Å². The maximum atomic E-state index is 11.4. The number of nitro groups is 1. The van der Waals surface area contributed by atoms with Crippen molar-refractivity contribution in [3.8, 4) is 0 Å². The van der Waals surface area contributed by atoms with Crippen molar-refractivity contribution in [2.45, 2.75) is 32.7 Å². The molecule has 0 amide bonds. The van der Waals surface area contributed by atoms with Gasteiger partial charge in [-0.1, -0.05) is 104 Å². The molecule has 174 valence electrons. The molecule has 0 aliphatic heterocycles. The van der Waals surface area contributed by atoms with E-state index in [0.717, 1.165) is 4.47 Å². The van der Waals surface area contributed by atoms with E-state index in [1.807, 2.05) is 12.1 Å². The van der Waals surface area contributed by atoms with Gasteiger partial charge in [0.2, 0.25) is 0 Å². The van der Waals surface area contributed by atoms with Crippen LogP contribution in [0.25, 0.3) is 0 Å². The minimum absolute atomic E-state index is 0.0679. The van der Waals surface area contributed by atoms with Crippen LogP contribution >= 0.6 is 15.9 Å². The maximum absolute atomic E-state index is 11.4. The highest BCUT2D eigenvalue weighted by Gasteiger charge is 2.50. The number of nitrogens with zero attached hydrogens (tertiary/aromatic N) is 1. The van der Waals surface area contributed by atoms with Gasteiger partial charge in [-0.05, 0) is 33.5 Å². The summed E-state index contributed by atoms with van der Waals surface area (Å²) in [5, 5.41) is 17.0. The van der Waals surface area contributed by atoms with Crippen LogP contribution in [-0.4, -0.2) is 26.4 Å². The summed E-state index contributed by atoms with van der Waals surface area (Å²) < 4.78 is 7.77. The second-order valence-corrected chi connectivity index (χ2v) is 14.6. The minimum Gasteiger partial charge on any atom is -0.407 e. The van der Waals surface area contributed by atoms with Gasteiger partial charge >= 0.3 is 0 Å². The molecule has 0 aromatic heterocycles. The van der Waals surface area contributed by atoms with Crippen molar-refractivity contribution in [2.24, 2.45) is 5.92 Å². The molecular formula is C26H31BrN2O3Si. The van der Waals surface area contributed by atoms with Crippen molar-refractivity contribution < 1.29 is 9.35 Å². The van der Waals surface area contributed by atoms with Gasteiger partial charge < -0.3 is 9.74 Å². The van der Waals surface area contributed by atoms with Gasteiger partial charge in [0, 0.05) is 23.7 Å². The fraction of sp³-hybridized carbons (Fsp3) is 0.308. The molecule has 0 aliphatic carbocycles. The molecule has 0 saturated heterocycles. The summed E-state index contributed by atoms with van der Waals surface area (Å²) in [6, 6.07) is 26.0. The van der Waals surface area contributed by atoms with Crippen LogP contribution in [0.2, 0.25) is 5.04 Å². The van der Waals surface area contributed by atoms with Crippen LogP contribution in [0.5, 0.6) is 0 Å². The van der Waals surface area contributed by atoms with Crippen molar-refractivity contribution in [1.82, 2.24) is 0 Å². The molecule has 3 rings (SSSR count). The lowest BCUT2D eigenvalue weighted by atomic mass is 10.2. The van der Waals surface area contributed by atoms with Crippen LogP contribution < -0.4 is 15.7 Å². The topological polar surface area (TPSA) is 64.4 Å². The van der Waals surface area contributed by atoms with E-state index in [4.69, 9.17) is 4.43 Å². The first-order chi connectivity index (χ1) is 15.6. The molecule has 1 N–H and O–H groups in total. The fourth-order valence-corrected chi connectivity index (χ4v) is 9.23. The average molecular weight is 528 g/mol. The average Bonchev–Trinajstić information content (AvgIpc) is 2.78. The lowest BCUT2D eigenvalue weighted by Crippen LogP contribution is -2.67. The molecule has 0 unspecified atom stereocenters. The van der Waals surface area contributed by atoms with Crippen LogP contribution in [0.15, 0.2) is 83.3 Å². The van der Waals surface area contributed by atoms with Gasteiger partial charge in [-0.25, -0.2) is 0 Å². The van der Waals surface area contributed by atoms with Gasteiger partial charge in [0.25, 0.3) is 14.0 Å². The van der Waals surface area contributed by atoms with Gasteiger partial charge in [0.1, 0.15) is 5.69 Å². The van der Waals surface area contributed by atoms with Crippen LogP contribution in [0, 0.1) is 16.0 Å². The van der Waals surface area contributed by atoms with Crippen LogP contribution in [0.3, 0.4) is 0 Å². The highest BCUT2D eigenvalue weighted by molar-refractivity contribution is 9.10. The molecule has 0 heterocycles. The molecular weight excluding hydrogens is 496 g/mol. The van der Waals surface area contributed by atoms with Gasteiger partial charge in [-0.2, -0.15) is 0 Å². The molecule has 3 aromatic carbocycles. The summed E-state index contributed by atoms with van der Waals surface area (Å²) in [6.07, 6.45) is 0. The zero-order valence-corrected chi connectivity index (χ0v) is 22.1. The molecule has 0 aliphatic rings. The lowest BCUT2D eigenvalue weighted by Gasteiger charge is -2.43. The molecule has 0 spiro atoms. The number of hydrogen-bond acceptors (Lipinski definition) is 4. The maximum Gasteiger partial charge on any atom is 0.292 e. The number of halogens is 1. The first-order valence-corrected chi connectivity index (χ1v) is 13.8. The summed E-state index contributed by atoms with van der Waals surface area (Å²) in [5.74, 6) is 0.144.